The van der Waals surface area contributed by atoms with Crippen LogP contribution in [-0.4, -0.2) is 60.8 Å². The first-order chi connectivity index (χ1) is 14.2. The van der Waals surface area contributed by atoms with E-state index in [1.54, 1.807) is 12.1 Å². The van der Waals surface area contributed by atoms with Gasteiger partial charge in [0, 0.05) is 5.92 Å². The van der Waals surface area contributed by atoms with Crippen LogP contribution in [0.15, 0.2) is 12.1 Å². The first-order valence-corrected chi connectivity index (χ1v) is 11.3. The zero-order valence-corrected chi connectivity index (χ0v) is 17.5. The van der Waals surface area contributed by atoms with Crippen molar-refractivity contribution < 1.29 is 32.0 Å². The molecule has 1 aliphatic rings. The highest BCUT2D eigenvalue weighted by atomic mass is 32.2. The van der Waals surface area contributed by atoms with E-state index in [-0.39, 0.29) is 19.0 Å². The maximum absolute atomic E-state index is 12.9. The van der Waals surface area contributed by atoms with Gasteiger partial charge in [0.2, 0.25) is 0 Å². The maximum atomic E-state index is 12.9. The number of carbonyl (C=O) groups excluding carboxylic acids is 2. The normalized spacial score (nSPS) is 19.4. The fourth-order valence-electron chi connectivity index (χ4n) is 3.71. The van der Waals surface area contributed by atoms with Crippen molar-refractivity contribution in [3.63, 3.8) is 0 Å². The average molecular weight is 428 g/mol. The van der Waals surface area contributed by atoms with Gasteiger partial charge in [-0.05, 0) is 24.0 Å². The van der Waals surface area contributed by atoms with Crippen molar-refractivity contribution in [2.45, 2.75) is 44.6 Å². The van der Waals surface area contributed by atoms with E-state index in [4.69, 9.17) is 37.6 Å². The Morgan fingerprint density at radius 3 is 2.07 bits per heavy atom. The molecule has 0 aromatic heterocycles. The molecule has 0 bridgehead atoms. The van der Waals surface area contributed by atoms with Crippen molar-refractivity contribution in [2.24, 2.45) is 11.8 Å². The second kappa shape index (κ2) is 11.2. The third-order valence-corrected chi connectivity index (χ3v) is 5.60. The predicted octanol–water partition coefficient (Wildman–Crippen LogP) is 0.835. The van der Waals surface area contributed by atoms with Crippen LogP contribution in [0, 0.1) is 11.8 Å². The van der Waals surface area contributed by atoms with E-state index in [1.165, 1.54) is 0 Å². The van der Waals surface area contributed by atoms with Crippen LogP contribution >= 0.6 is 0 Å². The van der Waals surface area contributed by atoms with E-state index >= 15 is 0 Å². The maximum Gasteiger partial charge on any atom is 0.315 e. The van der Waals surface area contributed by atoms with Gasteiger partial charge in [0.25, 0.3) is 10.1 Å². The number of rotatable bonds is 10. The van der Waals surface area contributed by atoms with Crippen LogP contribution in [0.3, 0.4) is 0 Å². The Kier molecular flexibility index (Phi) is 9.19. The molecule has 1 fully saturated rings. The fourth-order valence-corrected chi connectivity index (χ4v) is 4.00. The standard InChI is InChI=1S/C19H23B3O7S/c20-7-12-5-13(8-21)18(14(6-12)9-22)29-19(24)16-4-2-1-3-15(16)17(23)10-28-11-30(25,26)27/h5-6,15-16H,1-4,7-11H2,(H,25,26,27). The van der Waals surface area contributed by atoms with Crippen molar-refractivity contribution in [1.29, 1.82) is 0 Å². The lowest BCUT2D eigenvalue weighted by Gasteiger charge is -2.29. The zero-order chi connectivity index (χ0) is 22.3. The van der Waals surface area contributed by atoms with Crippen LogP contribution in [0.2, 0.25) is 0 Å². The minimum absolute atomic E-state index is 0.125. The Morgan fingerprint density at radius 1 is 1.00 bits per heavy atom. The quantitative estimate of drug-likeness (QED) is 0.255. The second-order valence-corrected chi connectivity index (χ2v) is 8.69. The minimum Gasteiger partial charge on any atom is -0.426 e. The fraction of sp³-hybridized carbons (Fsp3) is 0.579. The van der Waals surface area contributed by atoms with Crippen molar-refractivity contribution in [1.82, 2.24) is 0 Å². The van der Waals surface area contributed by atoms with Gasteiger partial charge >= 0.3 is 5.97 Å². The van der Waals surface area contributed by atoms with Gasteiger partial charge in [0.05, 0.1) is 29.5 Å². The van der Waals surface area contributed by atoms with Crippen LogP contribution in [0.4, 0.5) is 0 Å². The molecule has 2 atom stereocenters. The predicted molar refractivity (Wildman–Crippen MR) is 113 cm³/mol. The van der Waals surface area contributed by atoms with E-state index < -0.39 is 46.3 Å². The van der Waals surface area contributed by atoms with Gasteiger partial charge in [-0.1, -0.05) is 49.5 Å². The molecule has 0 spiro atoms. The molecule has 1 saturated carbocycles. The van der Waals surface area contributed by atoms with Crippen LogP contribution in [-0.2, 0) is 43.4 Å². The highest BCUT2D eigenvalue weighted by Gasteiger charge is 2.37. The lowest BCUT2D eigenvalue weighted by Crippen LogP contribution is -2.37. The monoisotopic (exact) mass is 428 g/mol. The second-order valence-electron chi connectivity index (χ2n) is 7.29. The molecule has 7 nitrogen and oxygen atoms in total. The van der Waals surface area contributed by atoms with Gasteiger partial charge in [-0.2, -0.15) is 8.42 Å². The van der Waals surface area contributed by atoms with Crippen LogP contribution in [0.1, 0.15) is 42.4 Å². The summed E-state index contributed by atoms with van der Waals surface area (Å²) in [6, 6.07) is 3.52. The summed E-state index contributed by atoms with van der Waals surface area (Å²) in [6.07, 6.45) is 2.98. The third-order valence-electron chi connectivity index (χ3n) is 5.14. The van der Waals surface area contributed by atoms with Gasteiger partial charge < -0.3 is 9.47 Å². The summed E-state index contributed by atoms with van der Waals surface area (Å²) in [5, 5.41) is 0. The van der Waals surface area contributed by atoms with Crippen LogP contribution < -0.4 is 4.74 Å². The number of carbonyl (C=O) groups is 2. The molecular weight excluding hydrogens is 405 g/mol. The number of ether oxygens (including phenoxy) is 2. The Morgan fingerprint density at radius 2 is 1.57 bits per heavy atom. The molecule has 11 heteroatoms. The molecule has 0 amide bonds. The highest BCUT2D eigenvalue weighted by molar-refractivity contribution is 7.85. The summed E-state index contributed by atoms with van der Waals surface area (Å²) >= 11 is 0. The Balaban J connectivity index is 2.17. The molecule has 6 radical (unpaired) electrons. The largest absolute Gasteiger partial charge is 0.426 e. The van der Waals surface area contributed by atoms with Gasteiger partial charge in [-0.25, -0.2) is 0 Å². The van der Waals surface area contributed by atoms with E-state index in [0.29, 0.717) is 29.7 Å². The molecule has 2 unspecified atom stereocenters. The van der Waals surface area contributed by atoms with Crippen molar-refractivity contribution in [3.05, 3.63) is 28.8 Å². The third kappa shape index (κ3) is 6.72. The topological polar surface area (TPSA) is 107 Å². The minimum atomic E-state index is -4.34. The van der Waals surface area contributed by atoms with Crippen molar-refractivity contribution in [2.75, 3.05) is 12.5 Å². The van der Waals surface area contributed by atoms with E-state index in [0.717, 1.165) is 18.4 Å². The number of hydrogen-bond donors (Lipinski definition) is 1. The Bertz CT molecular complexity index is 848. The van der Waals surface area contributed by atoms with E-state index in [2.05, 4.69) is 0 Å². The number of benzene rings is 1. The van der Waals surface area contributed by atoms with E-state index in [1.807, 2.05) is 0 Å². The van der Waals surface area contributed by atoms with Gasteiger partial charge in [0.1, 0.15) is 12.4 Å². The number of hydrogen-bond acceptors (Lipinski definition) is 6. The smallest absolute Gasteiger partial charge is 0.315 e. The van der Waals surface area contributed by atoms with E-state index in [9.17, 15) is 18.0 Å². The molecule has 156 valence electrons. The van der Waals surface area contributed by atoms with Crippen LogP contribution in [0.25, 0.3) is 0 Å². The molecule has 1 aromatic rings. The molecule has 1 aromatic carbocycles. The number of esters is 1. The van der Waals surface area contributed by atoms with Gasteiger partial charge in [-0.3, -0.25) is 14.1 Å². The molecule has 0 heterocycles. The summed E-state index contributed by atoms with van der Waals surface area (Å²) in [7, 11) is 13.0. The Hall–Kier alpha value is -1.58. The summed E-state index contributed by atoms with van der Waals surface area (Å²) in [5.74, 6) is -3.00. The van der Waals surface area contributed by atoms with Crippen molar-refractivity contribution in [3.8, 4) is 5.75 Å². The first-order valence-electron chi connectivity index (χ1n) is 9.72. The van der Waals surface area contributed by atoms with Crippen molar-refractivity contribution >= 4 is 45.4 Å². The number of ketones is 1. The summed E-state index contributed by atoms with van der Waals surface area (Å²) < 4.78 is 40.7. The molecule has 2 rings (SSSR count). The molecule has 1 N–H and O–H groups in total. The Labute approximate surface area is 181 Å². The lowest BCUT2D eigenvalue weighted by atomic mass is 9.77. The van der Waals surface area contributed by atoms with Gasteiger partial charge in [-0.15, -0.1) is 0 Å². The molecular formula is C19H23B3O7S. The molecule has 30 heavy (non-hydrogen) atoms. The molecule has 1 aliphatic carbocycles. The summed E-state index contributed by atoms with van der Waals surface area (Å²) in [6.45, 7) is -0.512. The summed E-state index contributed by atoms with van der Waals surface area (Å²) in [4.78, 5) is 25.5. The molecule has 0 aliphatic heterocycles. The van der Waals surface area contributed by atoms with Crippen LogP contribution in [0.5, 0.6) is 5.75 Å². The highest BCUT2D eigenvalue weighted by Crippen LogP contribution is 2.34. The van der Waals surface area contributed by atoms with Gasteiger partial charge in [0.15, 0.2) is 11.7 Å². The zero-order valence-electron chi connectivity index (χ0n) is 16.7. The first kappa shape index (κ1) is 24.7. The average Bonchev–Trinajstić information content (AvgIpc) is 2.72. The SMILES string of the molecule is [B]Cc1cc(C[B])c(OC(=O)C2CCCCC2C(=O)COCS(=O)(=O)O)c(C[B])c1. The lowest BCUT2D eigenvalue weighted by molar-refractivity contribution is -0.147. The summed E-state index contributed by atoms with van der Waals surface area (Å²) in [5.41, 5.74) is 2.02. The number of Topliss-reactive ketones (excluding diaryl/α,β-unsaturated/α-hetero) is 1. The molecule has 0 saturated heterocycles.